The van der Waals surface area contributed by atoms with Crippen molar-refractivity contribution in [1.82, 2.24) is 4.57 Å². The van der Waals surface area contributed by atoms with E-state index in [-0.39, 0.29) is 18.1 Å². The van der Waals surface area contributed by atoms with Crippen LogP contribution >= 0.6 is 11.6 Å². The molecule has 0 saturated carbocycles. The Morgan fingerprint density at radius 3 is 2.79 bits per heavy atom. The van der Waals surface area contributed by atoms with Gasteiger partial charge in [0, 0.05) is 23.2 Å². The van der Waals surface area contributed by atoms with Crippen molar-refractivity contribution in [2.24, 2.45) is 0 Å². The lowest BCUT2D eigenvalue weighted by atomic mass is 10.1. The predicted molar refractivity (Wildman–Crippen MR) is 111 cm³/mol. The lowest BCUT2D eigenvalue weighted by Crippen LogP contribution is -2.21. The van der Waals surface area contributed by atoms with Crippen LogP contribution in [0.2, 0.25) is 5.02 Å². The highest BCUT2D eigenvalue weighted by atomic mass is 35.5. The van der Waals surface area contributed by atoms with E-state index in [1.165, 1.54) is 7.11 Å². The van der Waals surface area contributed by atoms with Crippen molar-refractivity contribution < 1.29 is 14.3 Å². The van der Waals surface area contributed by atoms with Gasteiger partial charge >= 0.3 is 0 Å². The Labute approximate surface area is 167 Å². The molecule has 0 atom stereocenters. The fourth-order valence-electron chi connectivity index (χ4n) is 2.81. The summed E-state index contributed by atoms with van der Waals surface area (Å²) in [6.07, 6.45) is 3.33. The topological polar surface area (TPSA) is 69.6 Å². The Morgan fingerprint density at radius 2 is 2.04 bits per heavy atom. The van der Waals surface area contributed by atoms with Gasteiger partial charge in [-0.15, -0.1) is 6.58 Å². The molecule has 1 aromatic heterocycles. The first-order valence-corrected chi connectivity index (χ1v) is 8.90. The molecule has 0 aliphatic rings. The number of carbonyl (C=O) groups is 1. The smallest absolute Gasteiger partial charge is 0.262 e. The quantitative estimate of drug-likeness (QED) is 0.613. The number of nitrogens with one attached hydrogen (secondary N) is 1. The lowest BCUT2D eigenvalue weighted by Gasteiger charge is -2.12. The van der Waals surface area contributed by atoms with E-state index < -0.39 is 0 Å². The molecule has 1 N–H and O–H groups in total. The van der Waals surface area contributed by atoms with Gasteiger partial charge in [0.05, 0.1) is 18.2 Å². The van der Waals surface area contributed by atoms with Crippen molar-refractivity contribution in [2.45, 2.75) is 6.54 Å². The maximum atomic E-state index is 12.5. The van der Waals surface area contributed by atoms with Crippen LogP contribution in [0.5, 0.6) is 11.5 Å². The van der Waals surface area contributed by atoms with Crippen LogP contribution in [0.3, 0.4) is 0 Å². The van der Waals surface area contributed by atoms with Gasteiger partial charge < -0.3 is 19.4 Å². The number of hydrogen-bond acceptors (Lipinski definition) is 4. The van der Waals surface area contributed by atoms with Crippen molar-refractivity contribution in [2.75, 3.05) is 19.0 Å². The summed E-state index contributed by atoms with van der Waals surface area (Å²) in [5.74, 6) is 0.566. The molecule has 2 aromatic carbocycles. The molecule has 0 fully saturated rings. The first-order chi connectivity index (χ1) is 13.5. The minimum Gasteiger partial charge on any atom is -0.495 e. The van der Waals surface area contributed by atoms with Gasteiger partial charge in [-0.25, -0.2) is 0 Å². The number of hydrogen-bond donors (Lipinski definition) is 1. The zero-order chi connectivity index (χ0) is 20.1. The van der Waals surface area contributed by atoms with E-state index >= 15 is 0 Å². The standard InChI is InChI=1S/C21H19ClN2O4/c1-3-10-24-11-9-15-16(21(24)26)5-4-6-18(15)28-13-20(25)23-17-12-14(22)7-8-19(17)27-2/h3-9,11-12H,1,10,13H2,2H3,(H,23,25). The highest BCUT2D eigenvalue weighted by Gasteiger charge is 2.11. The van der Waals surface area contributed by atoms with Gasteiger partial charge in [-0.1, -0.05) is 23.7 Å². The van der Waals surface area contributed by atoms with Crippen LogP contribution in [-0.4, -0.2) is 24.2 Å². The molecule has 0 aliphatic heterocycles. The van der Waals surface area contributed by atoms with Crippen molar-refractivity contribution in [1.29, 1.82) is 0 Å². The summed E-state index contributed by atoms with van der Waals surface area (Å²) >= 11 is 5.97. The molecular formula is C21H19ClN2O4. The molecule has 0 unspecified atom stereocenters. The summed E-state index contributed by atoms with van der Waals surface area (Å²) in [4.78, 5) is 24.8. The molecule has 0 saturated heterocycles. The third kappa shape index (κ3) is 4.18. The number of fused-ring (bicyclic) bond motifs is 1. The summed E-state index contributed by atoms with van der Waals surface area (Å²) in [5.41, 5.74) is 0.310. The molecule has 0 spiro atoms. The van der Waals surface area contributed by atoms with Gasteiger partial charge in [0.1, 0.15) is 11.5 Å². The van der Waals surface area contributed by atoms with Crippen molar-refractivity contribution in [3.63, 3.8) is 0 Å². The van der Waals surface area contributed by atoms with Gasteiger partial charge in [-0.2, -0.15) is 0 Å². The van der Waals surface area contributed by atoms with Crippen molar-refractivity contribution >= 4 is 34.0 Å². The highest BCUT2D eigenvalue weighted by Crippen LogP contribution is 2.28. The molecule has 3 aromatic rings. The Kier molecular flexibility index (Phi) is 6.01. The second-order valence-corrected chi connectivity index (χ2v) is 6.40. The average molecular weight is 399 g/mol. The number of amides is 1. The number of allylic oxidation sites excluding steroid dienone is 1. The summed E-state index contributed by atoms with van der Waals surface area (Å²) < 4.78 is 12.4. The van der Waals surface area contributed by atoms with Gasteiger partial charge in [0.2, 0.25) is 0 Å². The molecule has 7 heteroatoms. The minimum atomic E-state index is -0.377. The van der Waals surface area contributed by atoms with Crippen LogP contribution in [0.15, 0.2) is 66.1 Å². The van der Waals surface area contributed by atoms with Gasteiger partial charge in [-0.3, -0.25) is 9.59 Å². The maximum Gasteiger partial charge on any atom is 0.262 e. The van der Waals surface area contributed by atoms with Crippen LogP contribution in [0, 0.1) is 0 Å². The third-order valence-corrected chi connectivity index (χ3v) is 4.33. The molecule has 28 heavy (non-hydrogen) atoms. The lowest BCUT2D eigenvalue weighted by molar-refractivity contribution is -0.118. The fraction of sp³-hybridized carbons (Fsp3) is 0.143. The van der Waals surface area contributed by atoms with Gasteiger partial charge in [-0.05, 0) is 36.4 Å². The summed E-state index contributed by atoms with van der Waals surface area (Å²) in [6, 6.07) is 11.9. The van der Waals surface area contributed by atoms with E-state index in [1.807, 2.05) is 0 Å². The molecule has 3 rings (SSSR count). The van der Waals surface area contributed by atoms with E-state index in [4.69, 9.17) is 21.1 Å². The van der Waals surface area contributed by atoms with E-state index in [9.17, 15) is 9.59 Å². The van der Waals surface area contributed by atoms with Crippen LogP contribution in [0.1, 0.15) is 0 Å². The van der Waals surface area contributed by atoms with Crippen molar-refractivity contribution in [3.8, 4) is 11.5 Å². The molecule has 6 nitrogen and oxygen atoms in total. The van der Waals surface area contributed by atoms with Crippen LogP contribution in [0.4, 0.5) is 5.69 Å². The Hall–Kier alpha value is -3.25. The van der Waals surface area contributed by atoms with E-state index in [0.29, 0.717) is 39.5 Å². The number of methoxy groups -OCH3 is 1. The number of carbonyl (C=O) groups excluding carboxylic acids is 1. The largest absolute Gasteiger partial charge is 0.495 e. The molecule has 144 valence electrons. The number of anilines is 1. The monoisotopic (exact) mass is 398 g/mol. The number of rotatable bonds is 7. The zero-order valence-electron chi connectivity index (χ0n) is 15.3. The number of aromatic nitrogens is 1. The Balaban J connectivity index is 1.78. The number of ether oxygens (including phenoxy) is 2. The number of benzene rings is 2. The first kappa shape index (κ1) is 19.5. The molecule has 0 radical (unpaired) electrons. The number of nitrogens with zero attached hydrogens (tertiary/aromatic N) is 1. The SMILES string of the molecule is C=CCn1ccc2c(OCC(=O)Nc3cc(Cl)ccc3OC)cccc2c1=O. The second-order valence-electron chi connectivity index (χ2n) is 5.96. The third-order valence-electron chi connectivity index (χ3n) is 4.10. The molecule has 1 amide bonds. The molecule has 0 aliphatic carbocycles. The average Bonchev–Trinajstić information content (AvgIpc) is 2.69. The fourth-order valence-corrected chi connectivity index (χ4v) is 2.98. The number of halogens is 1. The highest BCUT2D eigenvalue weighted by molar-refractivity contribution is 6.31. The van der Waals surface area contributed by atoms with Crippen LogP contribution in [-0.2, 0) is 11.3 Å². The second kappa shape index (κ2) is 8.63. The molecular weight excluding hydrogens is 380 g/mol. The Morgan fingerprint density at radius 1 is 1.21 bits per heavy atom. The molecule has 0 bridgehead atoms. The van der Waals surface area contributed by atoms with Crippen LogP contribution < -0.4 is 20.3 Å². The van der Waals surface area contributed by atoms with Gasteiger partial charge in [0.15, 0.2) is 6.61 Å². The predicted octanol–water partition coefficient (Wildman–Crippen LogP) is 3.87. The van der Waals surface area contributed by atoms with Gasteiger partial charge in [0.25, 0.3) is 11.5 Å². The number of pyridine rings is 1. The molecule has 1 heterocycles. The Bertz CT molecular complexity index is 1090. The maximum absolute atomic E-state index is 12.5. The van der Waals surface area contributed by atoms with E-state index in [2.05, 4.69) is 11.9 Å². The summed E-state index contributed by atoms with van der Waals surface area (Å²) in [6.45, 7) is 3.84. The summed E-state index contributed by atoms with van der Waals surface area (Å²) in [7, 11) is 1.50. The minimum absolute atomic E-state index is 0.143. The van der Waals surface area contributed by atoms with E-state index in [1.54, 1.807) is 59.3 Å². The summed E-state index contributed by atoms with van der Waals surface area (Å²) in [5, 5.41) is 4.33. The zero-order valence-corrected chi connectivity index (χ0v) is 16.0. The van der Waals surface area contributed by atoms with Crippen LogP contribution in [0.25, 0.3) is 10.8 Å². The van der Waals surface area contributed by atoms with Crippen molar-refractivity contribution in [3.05, 3.63) is 76.7 Å². The first-order valence-electron chi connectivity index (χ1n) is 8.52. The normalized spacial score (nSPS) is 10.5. The van der Waals surface area contributed by atoms with E-state index in [0.717, 1.165) is 0 Å².